The van der Waals surface area contributed by atoms with Crippen molar-refractivity contribution in [2.75, 3.05) is 13.1 Å². The van der Waals surface area contributed by atoms with Crippen LogP contribution in [0.3, 0.4) is 0 Å². The van der Waals surface area contributed by atoms with Crippen molar-refractivity contribution in [2.24, 2.45) is 0 Å². The predicted molar refractivity (Wildman–Crippen MR) is 111 cm³/mol. The van der Waals surface area contributed by atoms with E-state index in [-0.39, 0.29) is 5.91 Å². The second-order valence-corrected chi connectivity index (χ2v) is 7.53. The molecule has 3 aromatic rings. The summed E-state index contributed by atoms with van der Waals surface area (Å²) in [5, 5.41) is 4.67. The molecule has 150 valence electrons. The number of aromatic nitrogens is 4. The van der Waals surface area contributed by atoms with Gasteiger partial charge in [-0.15, -0.1) is 0 Å². The second kappa shape index (κ2) is 9.45. The van der Waals surface area contributed by atoms with Gasteiger partial charge in [-0.3, -0.25) is 9.78 Å². The molecule has 2 aromatic heterocycles. The van der Waals surface area contributed by atoms with E-state index in [1.807, 2.05) is 40.0 Å². The molecule has 0 bridgehead atoms. The van der Waals surface area contributed by atoms with E-state index in [2.05, 4.69) is 28.3 Å². The SMILES string of the molecule is O=C(CCCCc1cccnc1)N1CCc2nc(Cc3ccccc3)nn2CC1. The minimum atomic E-state index is 0.242. The molecule has 1 amide bonds. The average Bonchev–Trinajstić information content (AvgIpc) is 3.03. The molecule has 29 heavy (non-hydrogen) atoms. The molecule has 6 heteroatoms. The molecule has 1 aromatic carbocycles. The maximum absolute atomic E-state index is 12.6. The molecule has 0 spiro atoms. The summed E-state index contributed by atoms with van der Waals surface area (Å²) >= 11 is 0. The Labute approximate surface area is 171 Å². The Morgan fingerprint density at radius 3 is 2.66 bits per heavy atom. The minimum absolute atomic E-state index is 0.242. The third-order valence-electron chi connectivity index (χ3n) is 5.37. The third kappa shape index (κ3) is 5.28. The van der Waals surface area contributed by atoms with Gasteiger partial charge in [-0.05, 0) is 36.5 Å². The first-order chi connectivity index (χ1) is 14.3. The van der Waals surface area contributed by atoms with Crippen molar-refractivity contribution < 1.29 is 4.79 Å². The zero-order valence-electron chi connectivity index (χ0n) is 16.7. The van der Waals surface area contributed by atoms with Crippen molar-refractivity contribution in [3.63, 3.8) is 0 Å². The number of amides is 1. The molecule has 0 fully saturated rings. The molecule has 4 rings (SSSR count). The number of rotatable bonds is 7. The summed E-state index contributed by atoms with van der Waals surface area (Å²) in [6.45, 7) is 2.16. The zero-order valence-corrected chi connectivity index (χ0v) is 16.7. The van der Waals surface area contributed by atoms with Crippen molar-refractivity contribution in [2.45, 2.75) is 45.1 Å². The van der Waals surface area contributed by atoms with Crippen LogP contribution in [0.25, 0.3) is 0 Å². The van der Waals surface area contributed by atoms with Crippen LogP contribution in [-0.2, 0) is 30.6 Å². The fraction of sp³-hybridized carbons (Fsp3) is 0.391. The first-order valence-corrected chi connectivity index (χ1v) is 10.4. The van der Waals surface area contributed by atoms with Crippen molar-refractivity contribution >= 4 is 5.91 Å². The fourth-order valence-corrected chi connectivity index (χ4v) is 3.76. The Balaban J connectivity index is 1.24. The smallest absolute Gasteiger partial charge is 0.222 e. The number of nitrogens with zero attached hydrogens (tertiary/aromatic N) is 5. The lowest BCUT2D eigenvalue weighted by Gasteiger charge is -2.19. The molecule has 0 atom stereocenters. The molecule has 1 aliphatic rings. The molecule has 6 nitrogen and oxygen atoms in total. The summed E-state index contributed by atoms with van der Waals surface area (Å²) in [5.41, 5.74) is 2.45. The van der Waals surface area contributed by atoms with Gasteiger partial charge in [-0.25, -0.2) is 9.67 Å². The van der Waals surface area contributed by atoms with Crippen LogP contribution in [0.1, 0.15) is 42.0 Å². The number of fused-ring (bicyclic) bond motifs is 1. The van der Waals surface area contributed by atoms with E-state index >= 15 is 0 Å². The van der Waals surface area contributed by atoms with Gasteiger partial charge in [0, 0.05) is 44.7 Å². The maximum Gasteiger partial charge on any atom is 0.222 e. The number of pyridine rings is 1. The minimum Gasteiger partial charge on any atom is -0.340 e. The number of carbonyl (C=O) groups excluding carboxylic acids is 1. The number of hydrogen-bond donors (Lipinski definition) is 0. The van der Waals surface area contributed by atoms with Crippen LogP contribution in [0, 0.1) is 0 Å². The van der Waals surface area contributed by atoms with Crippen molar-refractivity contribution in [1.29, 1.82) is 0 Å². The summed E-state index contributed by atoms with van der Waals surface area (Å²) in [6.07, 6.45) is 8.71. The van der Waals surface area contributed by atoms with Crippen LogP contribution in [0.4, 0.5) is 0 Å². The van der Waals surface area contributed by atoms with Crippen LogP contribution < -0.4 is 0 Å². The zero-order chi connectivity index (χ0) is 19.9. The highest BCUT2D eigenvalue weighted by Gasteiger charge is 2.20. The van der Waals surface area contributed by atoms with E-state index in [1.165, 1.54) is 11.1 Å². The summed E-state index contributed by atoms with van der Waals surface area (Å²) in [5.74, 6) is 2.09. The van der Waals surface area contributed by atoms with Crippen molar-refractivity contribution in [1.82, 2.24) is 24.6 Å². The lowest BCUT2D eigenvalue weighted by atomic mass is 10.1. The van der Waals surface area contributed by atoms with Gasteiger partial charge in [0.25, 0.3) is 0 Å². The highest BCUT2D eigenvalue weighted by atomic mass is 16.2. The van der Waals surface area contributed by atoms with E-state index in [9.17, 15) is 4.79 Å². The van der Waals surface area contributed by atoms with E-state index < -0.39 is 0 Å². The van der Waals surface area contributed by atoms with Crippen molar-refractivity contribution in [3.05, 3.63) is 77.6 Å². The van der Waals surface area contributed by atoms with Gasteiger partial charge in [-0.1, -0.05) is 36.4 Å². The second-order valence-electron chi connectivity index (χ2n) is 7.53. The number of aryl methyl sites for hydroxylation is 1. The van der Waals surface area contributed by atoms with Crippen LogP contribution in [0.5, 0.6) is 0 Å². The monoisotopic (exact) mass is 389 g/mol. The van der Waals surface area contributed by atoms with E-state index in [1.54, 1.807) is 6.20 Å². The molecule has 0 radical (unpaired) electrons. The molecule has 0 saturated carbocycles. The van der Waals surface area contributed by atoms with Gasteiger partial charge < -0.3 is 4.90 Å². The summed E-state index contributed by atoms with van der Waals surface area (Å²) in [7, 11) is 0. The van der Waals surface area contributed by atoms with Crippen molar-refractivity contribution in [3.8, 4) is 0 Å². The van der Waals surface area contributed by atoms with E-state index in [0.717, 1.165) is 56.8 Å². The largest absolute Gasteiger partial charge is 0.340 e. The third-order valence-corrected chi connectivity index (χ3v) is 5.37. The Morgan fingerprint density at radius 1 is 0.966 bits per heavy atom. The van der Waals surface area contributed by atoms with Crippen LogP contribution in [0.15, 0.2) is 54.9 Å². The lowest BCUT2D eigenvalue weighted by Crippen LogP contribution is -2.33. The number of unbranched alkanes of at least 4 members (excludes halogenated alkanes) is 1. The quantitative estimate of drug-likeness (QED) is 0.583. The first kappa shape index (κ1) is 19.3. The Bertz CT molecular complexity index is 897. The van der Waals surface area contributed by atoms with Gasteiger partial charge in [0.1, 0.15) is 5.82 Å². The molecule has 0 saturated heterocycles. The molecule has 1 aliphatic heterocycles. The van der Waals surface area contributed by atoms with Crippen LogP contribution >= 0.6 is 0 Å². The molecule has 0 N–H and O–H groups in total. The fourth-order valence-electron chi connectivity index (χ4n) is 3.76. The number of benzene rings is 1. The van der Waals surface area contributed by atoms with E-state index in [4.69, 9.17) is 4.98 Å². The standard InChI is InChI=1S/C23H27N5O/c29-23(11-5-4-9-20-10-6-13-24-18-20)27-14-12-22-25-21(26-28(22)16-15-27)17-19-7-2-1-3-8-19/h1-3,6-8,10,13,18H,4-5,9,11-12,14-17H2. The molecular formula is C23H27N5O. The number of carbonyl (C=O) groups is 1. The van der Waals surface area contributed by atoms with Gasteiger partial charge in [0.05, 0.1) is 6.54 Å². The highest BCUT2D eigenvalue weighted by Crippen LogP contribution is 2.13. The lowest BCUT2D eigenvalue weighted by molar-refractivity contribution is -0.131. The summed E-state index contributed by atoms with van der Waals surface area (Å²) in [4.78, 5) is 23.4. The van der Waals surface area contributed by atoms with Gasteiger partial charge in [-0.2, -0.15) is 5.10 Å². The Morgan fingerprint density at radius 2 is 1.83 bits per heavy atom. The normalized spacial score (nSPS) is 13.7. The number of hydrogen-bond acceptors (Lipinski definition) is 4. The molecular weight excluding hydrogens is 362 g/mol. The average molecular weight is 390 g/mol. The van der Waals surface area contributed by atoms with Crippen LogP contribution in [0.2, 0.25) is 0 Å². The summed E-state index contributed by atoms with van der Waals surface area (Å²) < 4.78 is 1.98. The molecule has 0 unspecified atom stereocenters. The molecule has 3 heterocycles. The first-order valence-electron chi connectivity index (χ1n) is 10.4. The summed E-state index contributed by atoms with van der Waals surface area (Å²) in [6, 6.07) is 14.3. The topological polar surface area (TPSA) is 63.9 Å². The maximum atomic E-state index is 12.6. The molecule has 0 aliphatic carbocycles. The van der Waals surface area contributed by atoms with E-state index in [0.29, 0.717) is 13.0 Å². The van der Waals surface area contributed by atoms with Crippen LogP contribution in [-0.4, -0.2) is 43.6 Å². The predicted octanol–water partition coefficient (Wildman–Crippen LogP) is 3.06. The Kier molecular flexibility index (Phi) is 6.29. The van der Waals surface area contributed by atoms with Gasteiger partial charge in [0.15, 0.2) is 5.82 Å². The Hall–Kier alpha value is -3.02. The van der Waals surface area contributed by atoms with Gasteiger partial charge >= 0.3 is 0 Å². The van der Waals surface area contributed by atoms with Gasteiger partial charge in [0.2, 0.25) is 5.91 Å². The highest BCUT2D eigenvalue weighted by molar-refractivity contribution is 5.76.